The fourth-order valence-electron chi connectivity index (χ4n) is 3.08. The van der Waals surface area contributed by atoms with Crippen LogP contribution in [0.15, 0.2) is 29.4 Å². The molecule has 2 heterocycles. The van der Waals surface area contributed by atoms with Crippen molar-refractivity contribution in [2.24, 2.45) is 0 Å². The summed E-state index contributed by atoms with van der Waals surface area (Å²) in [6.07, 6.45) is 2.65. The number of carboxylic acids is 1. The molecule has 2 aromatic rings. The molecule has 7 nitrogen and oxygen atoms in total. The number of imidazole rings is 1. The van der Waals surface area contributed by atoms with Gasteiger partial charge in [0.2, 0.25) is 0 Å². The van der Waals surface area contributed by atoms with Gasteiger partial charge in [-0.2, -0.15) is 8.42 Å². The highest BCUT2D eigenvalue weighted by Crippen LogP contribution is 2.33. The minimum atomic E-state index is -3.82. The van der Waals surface area contributed by atoms with Crippen LogP contribution in [0.25, 0.3) is 0 Å². The van der Waals surface area contributed by atoms with E-state index >= 15 is 0 Å². The van der Waals surface area contributed by atoms with Gasteiger partial charge in [0.25, 0.3) is 10.0 Å². The number of carbonyl (C=O) groups is 1. The van der Waals surface area contributed by atoms with Gasteiger partial charge in [-0.15, -0.1) is 0 Å². The zero-order valence-electron chi connectivity index (χ0n) is 13.6. The third-order valence-electron chi connectivity index (χ3n) is 4.29. The van der Waals surface area contributed by atoms with E-state index in [1.165, 1.54) is 16.6 Å². The summed E-state index contributed by atoms with van der Waals surface area (Å²) >= 11 is 0. The minimum Gasteiger partial charge on any atom is -0.478 e. The van der Waals surface area contributed by atoms with Gasteiger partial charge in [-0.05, 0) is 44.4 Å². The van der Waals surface area contributed by atoms with Crippen molar-refractivity contribution in [2.75, 3.05) is 10.8 Å². The Balaban J connectivity index is 2.11. The van der Waals surface area contributed by atoms with Crippen LogP contribution in [-0.2, 0) is 23.0 Å². The Morgan fingerprint density at radius 3 is 2.75 bits per heavy atom. The first-order chi connectivity index (χ1) is 11.4. The van der Waals surface area contributed by atoms with Gasteiger partial charge in [0.15, 0.2) is 5.03 Å². The molecule has 0 spiro atoms. The topological polar surface area (TPSA) is 92.5 Å². The maximum atomic E-state index is 13.0. The molecule has 3 rings (SSSR count). The molecule has 0 atom stereocenters. The Hall–Kier alpha value is -2.35. The molecule has 0 bridgehead atoms. The number of benzene rings is 1. The molecule has 128 valence electrons. The van der Waals surface area contributed by atoms with Crippen LogP contribution in [-0.4, -0.2) is 35.6 Å². The van der Waals surface area contributed by atoms with E-state index in [9.17, 15) is 18.3 Å². The Labute approximate surface area is 140 Å². The third-order valence-corrected chi connectivity index (χ3v) is 5.97. The van der Waals surface area contributed by atoms with Crippen LogP contribution in [0.3, 0.4) is 0 Å². The van der Waals surface area contributed by atoms with Crippen molar-refractivity contribution in [1.29, 1.82) is 0 Å². The van der Waals surface area contributed by atoms with Gasteiger partial charge in [0, 0.05) is 19.3 Å². The quantitative estimate of drug-likeness (QED) is 0.912. The highest BCUT2D eigenvalue weighted by molar-refractivity contribution is 7.92. The van der Waals surface area contributed by atoms with Crippen LogP contribution in [0.2, 0.25) is 0 Å². The predicted molar refractivity (Wildman–Crippen MR) is 88.9 cm³/mol. The first-order valence-electron chi connectivity index (χ1n) is 7.78. The molecule has 0 radical (unpaired) electrons. The summed E-state index contributed by atoms with van der Waals surface area (Å²) in [6, 6.07) is 4.74. The lowest BCUT2D eigenvalue weighted by Gasteiger charge is -2.30. The summed E-state index contributed by atoms with van der Waals surface area (Å²) in [5.74, 6) is -0.412. The maximum absolute atomic E-state index is 13.0. The van der Waals surface area contributed by atoms with Crippen LogP contribution in [0, 0.1) is 6.92 Å². The number of aromatic carboxylic acids is 1. The average molecular weight is 349 g/mol. The van der Waals surface area contributed by atoms with Crippen molar-refractivity contribution in [3.05, 3.63) is 41.3 Å². The monoisotopic (exact) mass is 349 g/mol. The van der Waals surface area contributed by atoms with Crippen molar-refractivity contribution >= 4 is 21.7 Å². The van der Waals surface area contributed by atoms with Crippen LogP contribution in [0.4, 0.5) is 5.69 Å². The van der Waals surface area contributed by atoms with Crippen LogP contribution < -0.4 is 4.31 Å². The number of nitrogens with zero attached hydrogens (tertiary/aromatic N) is 3. The maximum Gasteiger partial charge on any atom is 0.336 e. The summed E-state index contributed by atoms with van der Waals surface area (Å²) in [6.45, 7) is 4.63. The second kappa shape index (κ2) is 5.94. The number of hydrogen-bond donors (Lipinski definition) is 1. The molecule has 0 saturated carbocycles. The normalized spacial score (nSPS) is 14.5. The lowest BCUT2D eigenvalue weighted by Crippen LogP contribution is -2.36. The van der Waals surface area contributed by atoms with E-state index in [-0.39, 0.29) is 10.6 Å². The molecule has 1 aliphatic heterocycles. The fourth-order valence-corrected chi connectivity index (χ4v) is 4.61. The number of hydrogen-bond acceptors (Lipinski definition) is 4. The van der Waals surface area contributed by atoms with Gasteiger partial charge in [-0.3, -0.25) is 4.31 Å². The molecule has 1 N–H and O–H groups in total. The number of fused-ring (bicyclic) bond motifs is 1. The predicted octanol–water partition coefficient (Wildman–Crippen LogP) is 2.05. The van der Waals surface area contributed by atoms with Crippen molar-refractivity contribution in [1.82, 2.24) is 9.55 Å². The first-order valence-corrected chi connectivity index (χ1v) is 9.22. The number of sulfonamides is 1. The van der Waals surface area contributed by atoms with E-state index in [1.807, 2.05) is 6.92 Å². The summed E-state index contributed by atoms with van der Waals surface area (Å²) in [4.78, 5) is 15.6. The van der Waals surface area contributed by atoms with E-state index in [2.05, 4.69) is 4.98 Å². The molecule has 24 heavy (non-hydrogen) atoms. The summed E-state index contributed by atoms with van der Waals surface area (Å²) in [5, 5.41) is 9.33. The number of anilines is 1. The van der Waals surface area contributed by atoms with Crippen molar-refractivity contribution in [2.45, 2.75) is 38.3 Å². The Bertz CT molecular complexity index is 902. The van der Waals surface area contributed by atoms with Gasteiger partial charge in [-0.1, -0.05) is 6.07 Å². The lowest BCUT2D eigenvalue weighted by molar-refractivity contribution is 0.0695. The zero-order valence-corrected chi connectivity index (χ0v) is 14.4. The molecule has 0 fully saturated rings. The number of carboxylic acid groups (broad SMARTS) is 1. The molecule has 8 heteroatoms. The second-order valence-electron chi connectivity index (χ2n) is 5.70. The summed E-state index contributed by atoms with van der Waals surface area (Å²) < 4.78 is 29.1. The highest BCUT2D eigenvalue weighted by Gasteiger charge is 2.32. The lowest BCUT2D eigenvalue weighted by atomic mass is 9.98. The van der Waals surface area contributed by atoms with E-state index in [4.69, 9.17) is 0 Å². The van der Waals surface area contributed by atoms with Crippen molar-refractivity contribution < 1.29 is 18.3 Å². The number of rotatable bonds is 4. The Kier molecular flexibility index (Phi) is 4.08. The molecule has 0 saturated heterocycles. The third kappa shape index (κ3) is 2.56. The van der Waals surface area contributed by atoms with E-state index < -0.39 is 16.0 Å². The number of aromatic nitrogens is 2. The smallest absolute Gasteiger partial charge is 0.336 e. The van der Waals surface area contributed by atoms with Crippen LogP contribution >= 0.6 is 0 Å². The summed E-state index contributed by atoms with van der Waals surface area (Å²) in [7, 11) is -3.82. The van der Waals surface area contributed by atoms with Gasteiger partial charge >= 0.3 is 5.97 Å². The van der Waals surface area contributed by atoms with E-state index in [0.29, 0.717) is 43.0 Å². The SMILES string of the molecule is CCn1cc(S(=O)(=O)N2CCCc3c(C(=O)O)cccc32)nc1C. The standard InChI is InChI=1S/C16H19N3O4S/c1-3-18-10-15(17-11(18)2)24(22,23)19-9-5-7-12-13(16(20)21)6-4-8-14(12)19/h4,6,8,10H,3,5,7,9H2,1-2H3,(H,20,21). The molecule has 1 aromatic carbocycles. The second-order valence-corrected chi connectivity index (χ2v) is 7.51. The number of aryl methyl sites for hydroxylation is 2. The van der Waals surface area contributed by atoms with Gasteiger partial charge < -0.3 is 9.67 Å². The molecule has 0 unspecified atom stereocenters. The minimum absolute atomic E-state index is 0.00423. The molecular weight excluding hydrogens is 330 g/mol. The molecular formula is C16H19N3O4S. The van der Waals surface area contributed by atoms with E-state index in [0.717, 1.165) is 0 Å². The molecule has 0 amide bonds. The van der Waals surface area contributed by atoms with Gasteiger partial charge in [-0.25, -0.2) is 9.78 Å². The van der Waals surface area contributed by atoms with Crippen molar-refractivity contribution in [3.8, 4) is 0 Å². The fraction of sp³-hybridized carbons (Fsp3) is 0.375. The average Bonchev–Trinajstić information content (AvgIpc) is 2.95. The first kappa shape index (κ1) is 16.5. The van der Waals surface area contributed by atoms with Crippen LogP contribution in [0.5, 0.6) is 0 Å². The summed E-state index contributed by atoms with van der Waals surface area (Å²) in [5.41, 5.74) is 1.15. The molecule has 1 aromatic heterocycles. The van der Waals surface area contributed by atoms with Gasteiger partial charge in [0.05, 0.1) is 11.3 Å². The van der Waals surface area contributed by atoms with Gasteiger partial charge in [0.1, 0.15) is 5.82 Å². The molecule has 1 aliphatic rings. The Morgan fingerprint density at radius 2 is 2.12 bits per heavy atom. The van der Waals surface area contributed by atoms with Crippen LogP contribution in [0.1, 0.15) is 35.1 Å². The highest BCUT2D eigenvalue weighted by atomic mass is 32.2. The largest absolute Gasteiger partial charge is 0.478 e. The Morgan fingerprint density at radius 1 is 1.38 bits per heavy atom. The molecule has 0 aliphatic carbocycles. The zero-order chi connectivity index (χ0) is 17.5. The van der Waals surface area contributed by atoms with E-state index in [1.54, 1.807) is 23.6 Å². The van der Waals surface area contributed by atoms with Crippen molar-refractivity contribution in [3.63, 3.8) is 0 Å².